The first-order valence-corrected chi connectivity index (χ1v) is 9.28. The number of methoxy groups -OCH3 is 1. The summed E-state index contributed by atoms with van der Waals surface area (Å²) in [5.41, 5.74) is 2.48. The Bertz CT molecular complexity index is 680. The summed E-state index contributed by atoms with van der Waals surface area (Å²) in [4.78, 5) is 15.9. The molecule has 1 aliphatic heterocycles. The van der Waals surface area contributed by atoms with Gasteiger partial charge in [-0.2, -0.15) is 0 Å². The monoisotopic (exact) mass is 354 g/mol. The largest absolute Gasteiger partial charge is 0.497 e. The molecule has 1 fully saturated rings. The van der Waals surface area contributed by atoms with Crippen LogP contribution in [0.4, 0.5) is 5.69 Å². The van der Waals surface area contributed by atoms with Crippen molar-refractivity contribution in [2.45, 2.75) is 6.42 Å². The number of hydrogen-bond acceptors (Lipinski definition) is 3. The molecule has 1 aliphatic rings. The molecule has 138 valence electrons. The van der Waals surface area contributed by atoms with Crippen LogP contribution >= 0.6 is 0 Å². The van der Waals surface area contributed by atoms with Gasteiger partial charge in [0.1, 0.15) is 5.75 Å². The van der Waals surface area contributed by atoms with E-state index < -0.39 is 0 Å². The number of hydrogen-bond donors (Lipinski definition) is 2. The summed E-state index contributed by atoms with van der Waals surface area (Å²) in [7, 11) is 1.68. The van der Waals surface area contributed by atoms with Crippen molar-refractivity contribution in [1.29, 1.82) is 0 Å². The molecule has 0 bridgehead atoms. The van der Waals surface area contributed by atoms with E-state index in [0.29, 0.717) is 13.1 Å². The zero-order valence-electron chi connectivity index (χ0n) is 15.4. The number of carbonyl (C=O) groups is 1. The van der Waals surface area contributed by atoms with E-state index in [9.17, 15) is 4.79 Å². The van der Waals surface area contributed by atoms with Crippen LogP contribution in [0, 0.1) is 0 Å². The van der Waals surface area contributed by atoms with Crippen LogP contribution < -0.4 is 19.9 Å². The highest BCUT2D eigenvalue weighted by Crippen LogP contribution is 2.18. The molecule has 5 heteroatoms. The van der Waals surface area contributed by atoms with E-state index >= 15 is 0 Å². The molecule has 2 N–H and O–H groups in total. The number of piperazine rings is 1. The second-order valence-corrected chi connectivity index (χ2v) is 6.70. The molecule has 0 aliphatic carbocycles. The molecule has 0 radical (unpaired) electrons. The molecule has 3 rings (SSSR count). The van der Waals surface area contributed by atoms with Crippen molar-refractivity contribution in [3.63, 3.8) is 0 Å². The first-order chi connectivity index (χ1) is 12.7. The topological polar surface area (TPSA) is 46.0 Å². The Morgan fingerprint density at radius 1 is 1.08 bits per heavy atom. The minimum Gasteiger partial charge on any atom is -0.497 e. The lowest BCUT2D eigenvalue weighted by Crippen LogP contribution is -3.16. The Kier molecular flexibility index (Phi) is 6.50. The first-order valence-electron chi connectivity index (χ1n) is 9.28. The second kappa shape index (κ2) is 9.25. The normalized spacial score (nSPS) is 14.9. The molecule has 0 atom stereocenters. The maximum atomic E-state index is 12.2. The van der Waals surface area contributed by atoms with Gasteiger partial charge in [0.25, 0.3) is 5.91 Å². The van der Waals surface area contributed by atoms with Crippen molar-refractivity contribution in [3.05, 3.63) is 60.2 Å². The van der Waals surface area contributed by atoms with E-state index in [2.05, 4.69) is 34.5 Å². The van der Waals surface area contributed by atoms with Gasteiger partial charge in [0, 0.05) is 12.2 Å². The summed E-state index contributed by atoms with van der Waals surface area (Å²) < 4.78 is 5.21. The van der Waals surface area contributed by atoms with Gasteiger partial charge in [-0.05, 0) is 36.2 Å². The summed E-state index contributed by atoms with van der Waals surface area (Å²) in [6.45, 7) is 5.17. The number of rotatable bonds is 7. The quantitative estimate of drug-likeness (QED) is 0.772. The van der Waals surface area contributed by atoms with Gasteiger partial charge in [0.05, 0.1) is 33.3 Å². The van der Waals surface area contributed by atoms with E-state index in [1.807, 2.05) is 30.3 Å². The minimum absolute atomic E-state index is 0.147. The van der Waals surface area contributed by atoms with E-state index in [0.717, 1.165) is 38.3 Å². The maximum Gasteiger partial charge on any atom is 0.275 e. The standard InChI is InChI=1S/C21H27N3O2/c1-26-20-9-7-19(8-10-20)24-15-13-23(14-16-24)17-21(25)22-12-11-18-5-3-2-4-6-18/h2-10H,11-17H2,1H3,(H,22,25)/p+1. The highest BCUT2D eigenvalue weighted by atomic mass is 16.5. The Morgan fingerprint density at radius 3 is 2.42 bits per heavy atom. The van der Waals surface area contributed by atoms with Crippen LogP contribution in [-0.2, 0) is 11.2 Å². The molecular weight excluding hydrogens is 326 g/mol. The summed E-state index contributed by atoms with van der Waals surface area (Å²) >= 11 is 0. The van der Waals surface area contributed by atoms with Crippen LogP contribution in [0.25, 0.3) is 0 Å². The third-order valence-corrected chi connectivity index (χ3v) is 4.90. The molecule has 5 nitrogen and oxygen atoms in total. The Morgan fingerprint density at radius 2 is 1.77 bits per heavy atom. The summed E-state index contributed by atoms with van der Waals surface area (Å²) in [6.07, 6.45) is 0.882. The average Bonchev–Trinajstić information content (AvgIpc) is 2.69. The first kappa shape index (κ1) is 18.3. The van der Waals surface area contributed by atoms with Gasteiger partial charge < -0.3 is 19.9 Å². The lowest BCUT2D eigenvalue weighted by atomic mass is 10.1. The zero-order valence-corrected chi connectivity index (χ0v) is 15.4. The van der Waals surface area contributed by atoms with E-state index in [4.69, 9.17) is 4.74 Å². The smallest absolute Gasteiger partial charge is 0.275 e. The number of ether oxygens (including phenoxy) is 1. The van der Waals surface area contributed by atoms with Gasteiger partial charge in [-0.1, -0.05) is 30.3 Å². The fourth-order valence-electron chi connectivity index (χ4n) is 3.33. The van der Waals surface area contributed by atoms with Crippen LogP contribution in [0.1, 0.15) is 5.56 Å². The Hall–Kier alpha value is -2.53. The van der Waals surface area contributed by atoms with Crippen molar-refractivity contribution >= 4 is 11.6 Å². The molecule has 1 heterocycles. The molecule has 0 aromatic heterocycles. The zero-order chi connectivity index (χ0) is 18.2. The molecule has 0 saturated carbocycles. The van der Waals surface area contributed by atoms with Crippen LogP contribution in [0.5, 0.6) is 5.75 Å². The maximum absolute atomic E-state index is 12.2. The number of nitrogens with one attached hydrogen (secondary N) is 2. The highest BCUT2D eigenvalue weighted by molar-refractivity contribution is 5.76. The predicted octanol–water partition coefficient (Wildman–Crippen LogP) is 0.759. The number of benzene rings is 2. The van der Waals surface area contributed by atoms with Crippen LogP contribution in [0.2, 0.25) is 0 Å². The third-order valence-electron chi connectivity index (χ3n) is 4.90. The van der Waals surface area contributed by atoms with Gasteiger partial charge >= 0.3 is 0 Å². The van der Waals surface area contributed by atoms with Gasteiger partial charge in [-0.25, -0.2) is 0 Å². The molecule has 26 heavy (non-hydrogen) atoms. The molecular formula is C21H28N3O2+. The lowest BCUT2D eigenvalue weighted by molar-refractivity contribution is -0.892. The SMILES string of the molecule is COc1ccc(N2CC[NH+](CC(=O)NCCc3ccccc3)CC2)cc1. The lowest BCUT2D eigenvalue weighted by Gasteiger charge is -2.33. The molecule has 2 aromatic rings. The van der Waals surface area contributed by atoms with Gasteiger partial charge in [0.2, 0.25) is 0 Å². The summed E-state index contributed by atoms with van der Waals surface area (Å²) in [6, 6.07) is 18.4. The fourth-order valence-corrected chi connectivity index (χ4v) is 3.33. The molecule has 2 aromatic carbocycles. The molecule has 0 spiro atoms. The van der Waals surface area contributed by atoms with Crippen LogP contribution in [0.3, 0.4) is 0 Å². The Labute approximate surface area is 155 Å². The minimum atomic E-state index is 0.147. The number of quaternary nitrogens is 1. The third kappa shape index (κ3) is 5.23. The summed E-state index contributed by atoms with van der Waals surface area (Å²) in [5.74, 6) is 1.03. The predicted molar refractivity (Wildman–Crippen MR) is 104 cm³/mol. The number of anilines is 1. The van der Waals surface area contributed by atoms with Crippen molar-refractivity contribution in [3.8, 4) is 5.75 Å². The number of carbonyl (C=O) groups excluding carboxylic acids is 1. The molecule has 0 unspecified atom stereocenters. The van der Waals surface area contributed by atoms with Crippen molar-refractivity contribution in [2.24, 2.45) is 0 Å². The second-order valence-electron chi connectivity index (χ2n) is 6.70. The van der Waals surface area contributed by atoms with Crippen molar-refractivity contribution in [1.82, 2.24) is 5.32 Å². The Balaban J connectivity index is 1.37. The summed E-state index contributed by atoms with van der Waals surface area (Å²) in [5, 5.41) is 3.05. The van der Waals surface area contributed by atoms with Gasteiger partial charge in [0.15, 0.2) is 6.54 Å². The van der Waals surface area contributed by atoms with E-state index in [1.165, 1.54) is 16.2 Å². The van der Waals surface area contributed by atoms with E-state index in [1.54, 1.807) is 7.11 Å². The molecule has 1 saturated heterocycles. The van der Waals surface area contributed by atoms with Crippen LogP contribution in [0.15, 0.2) is 54.6 Å². The van der Waals surface area contributed by atoms with Crippen LogP contribution in [-0.4, -0.2) is 52.3 Å². The van der Waals surface area contributed by atoms with Gasteiger partial charge in [-0.3, -0.25) is 4.79 Å². The van der Waals surface area contributed by atoms with Crippen molar-refractivity contribution in [2.75, 3.05) is 51.3 Å². The van der Waals surface area contributed by atoms with Crippen molar-refractivity contribution < 1.29 is 14.4 Å². The fraction of sp³-hybridized carbons (Fsp3) is 0.381. The highest BCUT2D eigenvalue weighted by Gasteiger charge is 2.22. The average molecular weight is 354 g/mol. The number of amides is 1. The number of nitrogens with zero attached hydrogens (tertiary/aromatic N) is 1. The van der Waals surface area contributed by atoms with Gasteiger partial charge in [-0.15, -0.1) is 0 Å². The van der Waals surface area contributed by atoms with E-state index in [-0.39, 0.29) is 5.91 Å². The molecule has 1 amide bonds.